The normalized spacial score (nSPS) is 20.6. The summed E-state index contributed by atoms with van der Waals surface area (Å²) in [5.41, 5.74) is 2.64. The van der Waals surface area contributed by atoms with Gasteiger partial charge in [-0.05, 0) is 56.4 Å². The fourth-order valence-electron chi connectivity index (χ4n) is 4.60. The second-order valence-corrected chi connectivity index (χ2v) is 8.32. The van der Waals surface area contributed by atoms with E-state index in [0.29, 0.717) is 49.5 Å². The van der Waals surface area contributed by atoms with Crippen molar-refractivity contribution < 1.29 is 24.2 Å². The number of amides is 1. The van der Waals surface area contributed by atoms with Crippen molar-refractivity contribution in [3.05, 3.63) is 53.1 Å². The highest BCUT2D eigenvalue weighted by Crippen LogP contribution is 2.61. The lowest BCUT2D eigenvalue weighted by atomic mass is 9.87. The largest absolute Gasteiger partial charge is 0.508 e. The minimum atomic E-state index is -0.276. The van der Waals surface area contributed by atoms with Gasteiger partial charge in [-0.25, -0.2) is 0 Å². The van der Waals surface area contributed by atoms with Gasteiger partial charge in [0.05, 0.1) is 24.8 Å². The molecule has 1 aliphatic heterocycles. The van der Waals surface area contributed by atoms with Crippen LogP contribution in [-0.2, 0) is 26.2 Å². The highest BCUT2D eigenvalue weighted by Gasteiger charge is 2.61. The number of nitrogens with zero attached hydrogens (tertiary/aromatic N) is 1. The molecule has 2 aromatic carbocycles. The van der Waals surface area contributed by atoms with Gasteiger partial charge in [0, 0.05) is 35.1 Å². The Balaban J connectivity index is 1.48. The van der Waals surface area contributed by atoms with Crippen molar-refractivity contribution in [1.82, 2.24) is 0 Å². The van der Waals surface area contributed by atoms with E-state index in [9.17, 15) is 20.0 Å². The minimum Gasteiger partial charge on any atom is -0.508 e. The van der Waals surface area contributed by atoms with Crippen molar-refractivity contribution in [2.45, 2.75) is 44.4 Å². The first-order chi connectivity index (χ1) is 15.5. The van der Waals surface area contributed by atoms with Gasteiger partial charge in [0.15, 0.2) is 0 Å². The molecule has 2 N–H and O–H groups in total. The third kappa shape index (κ3) is 4.26. The summed E-state index contributed by atoms with van der Waals surface area (Å²) in [5, 5.41) is 22.1. The first-order valence-electron chi connectivity index (χ1n) is 10.9. The monoisotopic (exact) mass is 434 g/mol. The van der Waals surface area contributed by atoms with Crippen LogP contribution in [0.5, 0.6) is 11.5 Å². The molecule has 4 rings (SSSR count). The van der Waals surface area contributed by atoms with Gasteiger partial charge < -0.3 is 19.9 Å². The smallest absolute Gasteiger partial charge is 0.305 e. The molecule has 7 nitrogen and oxygen atoms in total. The summed E-state index contributed by atoms with van der Waals surface area (Å²) < 4.78 is 10.7. The molecule has 1 spiro atoms. The number of aromatic hydroxyl groups is 1. The number of aryl methyl sites for hydroxylation is 1. The average molecular weight is 434 g/mol. The van der Waals surface area contributed by atoms with E-state index >= 15 is 0 Å². The molecule has 7 heteroatoms. The van der Waals surface area contributed by atoms with Crippen molar-refractivity contribution in [1.29, 1.82) is 5.26 Å². The molecule has 2 atom stereocenters. The van der Waals surface area contributed by atoms with Crippen LogP contribution in [0.4, 0.5) is 5.69 Å². The van der Waals surface area contributed by atoms with E-state index in [0.717, 1.165) is 24.0 Å². The van der Waals surface area contributed by atoms with E-state index in [-0.39, 0.29) is 29.0 Å². The molecule has 0 unspecified atom stereocenters. The van der Waals surface area contributed by atoms with Crippen LogP contribution >= 0.6 is 0 Å². The van der Waals surface area contributed by atoms with Crippen LogP contribution < -0.4 is 10.1 Å². The van der Waals surface area contributed by atoms with Crippen molar-refractivity contribution in [3.63, 3.8) is 0 Å². The molecule has 0 bridgehead atoms. The molecule has 1 fully saturated rings. The van der Waals surface area contributed by atoms with Crippen molar-refractivity contribution in [3.8, 4) is 17.6 Å². The second kappa shape index (κ2) is 8.91. The Morgan fingerprint density at radius 2 is 2.16 bits per heavy atom. The van der Waals surface area contributed by atoms with Crippen LogP contribution in [0.1, 0.15) is 49.3 Å². The zero-order valence-electron chi connectivity index (χ0n) is 18.0. The topological polar surface area (TPSA) is 109 Å². The fourth-order valence-corrected chi connectivity index (χ4v) is 4.60. The molecule has 2 aliphatic rings. The maximum absolute atomic E-state index is 13.2. The first kappa shape index (κ1) is 21.7. The number of hydrogen-bond acceptors (Lipinski definition) is 6. The van der Waals surface area contributed by atoms with E-state index in [4.69, 9.17) is 9.47 Å². The number of carbonyl (C=O) groups is 2. The Labute approximate surface area is 187 Å². The summed E-state index contributed by atoms with van der Waals surface area (Å²) in [6, 6.07) is 12.4. The van der Waals surface area contributed by atoms with Gasteiger partial charge in [-0.15, -0.1) is 0 Å². The van der Waals surface area contributed by atoms with Gasteiger partial charge in [-0.2, -0.15) is 5.26 Å². The predicted octanol–water partition coefficient (Wildman–Crippen LogP) is 3.83. The average Bonchev–Trinajstić information content (AvgIpc) is 3.49. The molecule has 2 aromatic rings. The van der Waals surface area contributed by atoms with Crippen molar-refractivity contribution >= 4 is 17.6 Å². The predicted molar refractivity (Wildman–Crippen MR) is 117 cm³/mol. The number of nitrogens with one attached hydrogen (secondary N) is 1. The van der Waals surface area contributed by atoms with Crippen LogP contribution in [0.3, 0.4) is 0 Å². The van der Waals surface area contributed by atoms with Crippen molar-refractivity contribution in [2.75, 3.05) is 18.5 Å². The Hall–Kier alpha value is -3.53. The third-order valence-electron chi connectivity index (χ3n) is 6.33. The number of phenolic OH excluding ortho intramolecular Hbond substituents is 1. The molecular weight excluding hydrogens is 408 g/mol. The number of ether oxygens (including phenoxy) is 2. The molecular formula is C25H26N2O5. The Kier molecular flexibility index (Phi) is 6.04. The number of anilines is 1. The summed E-state index contributed by atoms with van der Waals surface area (Å²) in [5.74, 6) is 0.247. The van der Waals surface area contributed by atoms with Gasteiger partial charge in [0.1, 0.15) is 11.5 Å². The molecule has 0 saturated heterocycles. The van der Waals surface area contributed by atoms with E-state index in [1.165, 1.54) is 0 Å². The summed E-state index contributed by atoms with van der Waals surface area (Å²) in [4.78, 5) is 24.8. The molecule has 0 radical (unpaired) electrons. The number of phenols is 1. The van der Waals surface area contributed by atoms with Gasteiger partial charge in [0.25, 0.3) is 0 Å². The fraction of sp³-hybridized carbons (Fsp3) is 0.400. The van der Waals surface area contributed by atoms with Crippen LogP contribution in [0.15, 0.2) is 36.4 Å². The van der Waals surface area contributed by atoms with Gasteiger partial charge in [-0.3, -0.25) is 9.59 Å². The molecule has 1 aliphatic carbocycles. The summed E-state index contributed by atoms with van der Waals surface area (Å²) in [7, 11) is 0. The van der Waals surface area contributed by atoms with Crippen molar-refractivity contribution in [2.24, 2.45) is 5.92 Å². The number of carbonyl (C=O) groups excluding carboxylic acids is 2. The molecule has 0 aromatic heterocycles. The third-order valence-corrected chi connectivity index (χ3v) is 6.33. The number of nitriles is 1. The first-order valence-corrected chi connectivity index (χ1v) is 10.9. The highest BCUT2D eigenvalue weighted by molar-refractivity contribution is 5.97. The van der Waals surface area contributed by atoms with E-state index in [1.807, 2.05) is 12.1 Å². The molecule has 32 heavy (non-hydrogen) atoms. The molecule has 1 amide bonds. The van der Waals surface area contributed by atoms with Crippen LogP contribution in [0.25, 0.3) is 0 Å². The van der Waals surface area contributed by atoms with Gasteiger partial charge in [-0.1, -0.05) is 12.1 Å². The maximum atomic E-state index is 13.2. The Bertz CT molecular complexity index is 1090. The van der Waals surface area contributed by atoms with Gasteiger partial charge in [0.2, 0.25) is 5.91 Å². The lowest BCUT2D eigenvalue weighted by molar-refractivity contribution is -0.143. The Morgan fingerprint density at radius 3 is 2.94 bits per heavy atom. The van der Waals surface area contributed by atoms with E-state index in [2.05, 4.69) is 11.4 Å². The Morgan fingerprint density at radius 1 is 1.31 bits per heavy atom. The minimum absolute atomic E-state index is 0.0901. The SMILES string of the molecule is CCOC(=O)CCCc1ccc(C#N)cc1NC(=O)[C@@H]1C[C@]12CCOc1cc(O)ccc12. The highest BCUT2D eigenvalue weighted by atomic mass is 16.5. The maximum Gasteiger partial charge on any atom is 0.305 e. The van der Waals surface area contributed by atoms with Crippen LogP contribution in [-0.4, -0.2) is 30.2 Å². The number of hydrogen-bond donors (Lipinski definition) is 2. The summed E-state index contributed by atoms with van der Waals surface area (Å²) in [6.45, 7) is 2.63. The lowest BCUT2D eigenvalue weighted by Gasteiger charge is -2.27. The number of benzene rings is 2. The number of esters is 1. The zero-order valence-corrected chi connectivity index (χ0v) is 18.0. The second-order valence-electron chi connectivity index (χ2n) is 8.32. The van der Waals surface area contributed by atoms with Crippen LogP contribution in [0.2, 0.25) is 0 Å². The van der Waals surface area contributed by atoms with Gasteiger partial charge >= 0.3 is 5.97 Å². The number of rotatable bonds is 7. The quantitative estimate of drug-likeness (QED) is 0.641. The summed E-state index contributed by atoms with van der Waals surface area (Å²) >= 11 is 0. The molecule has 166 valence electrons. The number of fused-ring (bicyclic) bond motifs is 2. The van der Waals surface area contributed by atoms with Crippen LogP contribution in [0, 0.1) is 17.2 Å². The standard InChI is InChI=1S/C25H26N2O5/c1-2-31-23(29)5-3-4-17-7-6-16(15-26)12-21(17)27-24(30)20-14-25(20)10-11-32-22-13-18(28)8-9-19(22)25/h6-9,12-13,20,28H,2-5,10-11,14H2,1H3,(H,27,30)/t20-,25-/m0/s1. The van der Waals surface area contributed by atoms with E-state index < -0.39 is 0 Å². The molecule has 1 saturated carbocycles. The van der Waals surface area contributed by atoms with E-state index in [1.54, 1.807) is 31.2 Å². The zero-order chi connectivity index (χ0) is 22.7. The lowest BCUT2D eigenvalue weighted by Crippen LogP contribution is -2.27. The summed E-state index contributed by atoms with van der Waals surface area (Å²) in [6.07, 6.45) is 2.95. The molecule has 1 heterocycles.